The van der Waals surface area contributed by atoms with E-state index in [0.717, 1.165) is 33.4 Å². The Balaban J connectivity index is 0.000000164. The number of carboxylic acids is 1. The summed E-state index contributed by atoms with van der Waals surface area (Å²) in [6.45, 7) is 4.19. The predicted octanol–water partition coefficient (Wildman–Crippen LogP) is 8.71. The number of hydrogen-bond donors (Lipinski definition) is 1. The summed E-state index contributed by atoms with van der Waals surface area (Å²) < 4.78 is 8.02. The highest BCUT2D eigenvalue weighted by molar-refractivity contribution is 6.04. The van der Waals surface area contributed by atoms with Crippen molar-refractivity contribution in [3.63, 3.8) is 0 Å². The van der Waals surface area contributed by atoms with Crippen molar-refractivity contribution in [3.05, 3.63) is 144 Å². The maximum absolute atomic E-state index is 12.2. The van der Waals surface area contributed by atoms with E-state index in [4.69, 9.17) is 4.74 Å². The number of methoxy groups -OCH3 is 1. The molecule has 10 nitrogen and oxygen atoms in total. The van der Waals surface area contributed by atoms with Gasteiger partial charge >= 0.3 is 11.9 Å². The summed E-state index contributed by atoms with van der Waals surface area (Å²) in [7, 11) is 4.83. The number of hydrogen-bond acceptors (Lipinski definition) is 7. The van der Waals surface area contributed by atoms with Crippen LogP contribution in [-0.4, -0.2) is 54.1 Å². The van der Waals surface area contributed by atoms with Crippen molar-refractivity contribution in [1.29, 1.82) is 0 Å². The molecule has 262 valence electrons. The number of esters is 1. The van der Waals surface area contributed by atoms with Crippen LogP contribution >= 0.6 is 0 Å². The number of aromatic nitrogens is 6. The fourth-order valence-electron chi connectivity index (χ4n) is 6.63. The van der Waals surface area contributed by atoms with Gasteiger partial charge in [-0.15, -0.1) is 10.2 Å². The van der Waals surface area contributed by atoms with Crippen LogP contribution in [-0.2, 0) is 18.8 Å². The average Bonchev–Trinajstić information content (AvgIpc) is 3.76. The van der Waals surface area contributed by atoms with Gasteiger partial charge in [0.05, 0.1) is 18.2 Å². The Kier molecular flexibility index (Phi) is 9.35. The van der Waals surface area contributed by atoms with Gasteiger partial charge in [-0.1, -0.05) is 107 Å². The van der Waals surface area contributed by atoms with Crippen LogP contribution in [0.5, 0.6) is 0 Å². The summed E-state index contributed by atoms with van der Waals surface area (Å²) in [5.41, 5.74) is 13.9. The number of carbonyl (C=O) groups excluding carboxylic acids is 1. The fraction of sp³-hybridized carbons (Fsp3) is 0.116. The number of nitrogens with zero attached hydrogens (tertiary/aromatic N) is 6. The number of carboxylic acid groups (broad SMARTS) is 1. The molecule has 2 aromatic heterocycles. The lowest BCUT2D eigenvalue weighted by molar-refractivity contribution is 0.0601. The molecule has 0 saturated carbocycles. The molecule has 53 heavy (non-hydrogen) atoms. The molecule has 0 fully saturated rings. The van der Waals surface area contributed by atoms with Gasteiger partial charge in [-0.2, -0.15) is 0 Å². The molecular weight excluding hydrogens is 665 g/mol. The third-order valence-electron chi connectivity index (χ3n) is 9.38. The molecule has 0 bridgehead atoms. The molecule has 0 amide bonds. The van der Waals surface area contributed by atoms with Crippen LogP contribution in [0.1, 0.15) is 31.8 Å². The van der Waals surface area contributed by atoms with Crippen LogP contribution in [0.4, 0.5) is 0 Å². The van der Waals surface area contributed by atoms with Crippen molar-refractivity contribution in [3.8, 4) is 44.5 Å². The van der Waals surface area contributed by atoms with Gasteiger partial charge in [0.1, 0.15) is 22.1 Å². The summed E-state index contributed by atoms with van der Waals surface area (Å²) in [5, 5.41) is 25.8. The van der Waals surface area contributed by atoms with E-state index >= 15 is 0 Å². The summed E-state index contributed by atoms with van der Waals surface area (Å²) >= 11 is 0. The number of aromatic carboxylic acids is 1. The molecule has 0 unspecified atom stereocenters. The third-order valence-corrected chi connectivity index (χ3v) is 9.38. The molecule has 0 radical (unpaired) electrons. The van der Waals surface area contributed by atoms with Crippen LogP contribution < -0.4 is 0 Å². The van der Waals surface area contributed by atoms with Crippen LogP contribution in [0, 0.1) is 13.8 Å². The Hall–Kier alpha value is -6.94. The van der Waals surface area contributed by atoms with Crippen molar-refractivity contribution in [2.75, 3.05) is 7.11 Å². The first-order valence-electron chi connectivity index (χ1n) is 16.9. The first kappa shape index (κ1) is 34.5. The highest BCUT2D eigenvalue weighted by atomic mass is 16.5. The molecule has 0 atom stereocenters. The van der Waals surface area contributed by atoms with Crippen LogP contribution in [0.25, 0.3) is 66.6 Å². The standard InChI is InChI=1S/C22H19N3O2.C21H17N3O2/c1-14-6-4-5-7-18(14)16-10-8-15(9-11-16)17-12-19(22(26)27-3)21-20(13-17)23-24-25(21)2;1-13-5-3-4-6-17(13)15-9-7-14(8-10-15)16-11-18(21(25)26)20-19(12-16)22-23-24(20)2/h4-13H,1-3H3;3-12H,1-2H3,(H,25,26). The zero-order valence-electron chi connectivity index (χ0n) is 29.9. The molecular formula is C43H36N6O4. The monoisotopic (exact) mass is 700 g/mol. The zero-order chi connectivity index (χ0) is 37.2. The lowest BCUT2D eigenvalue weighted by Gasteiger charge is -2.09. The van der Waals surface area contributed by atoms with Gasteiger partial charge in [-0.05, 0) is 93.7 Å². The Morgan fingerprint density at radius 1 is 0.547 bits per heavy atom. The van der Waals surface area contributed by atoms with Crippen LogP contribution in [0.2, 0.25) is 0 Å². The molecule has 1 N–H and O–H groups in total. The predicted molar refractivity (Wildman–Crippen MR) is 207 cm³/mol. The molecule has 6 aromatic carbocycles. The Morgan fingerprint density at radius 2 is 0.943 bits per heavy atom. The summed E-state index contributed by atoms with van der Waals surface area (Å²) in [6.07, 6.45) is 0. The van der Waals surface area contributed by atoms with Gasteiger partial charge < -0.3 is 9.84 Å². The van der Waals surface area contributed by atoms with Crippen molar-refractivity contribution >= 4 is 34.0 Å². The molecule has 8 aromatic rings. The van der Waals surface area contributed by atoms with E-state index in [9.17, 15) is 14.7 Å². The highest BCUT2D eigenvalue weighted by Crippen LogP contribution is 2.32. The van der Waals surface area contributed by atoms with Crippen LogP contribution in [0.15, 0.2) is 121 Å². The van der Waals surface area contributed by atoms with Gasteiger partial charge in [-0.3, -0.25) is 0 Å². The lowest BCUT2D eigenvalue weighted by atomic mass is 9.96. The Bertz CT molecular complexity index is 2640. The first-order chi connectivity index (χ1) is 25.6. The lowest BCUT2D eigenvalue weighted by Crippen LogP contribution is -2.05. The van der Waals surface area contributed by atoms with E-state index in [0.29, 0.717) is 27.6 Å². The number of benzene rings is 6. The third kappa shape index (κ3) is 6.77. The second-order valence-corrected chi connectivity index (χ2v) is 12.8. The minimum Gasteiger partial charge on any atom is -0.478 e. The number of aryl methyl sites for hydroxylation is 4. The van der Waals surface area contributed by atoms with Crippen LogP contribution in [0.3, 0.4) is 0 Å². The molecule has 0 spiro atoms. The van der Waals surface area contributed by atoms with Gasteiger partial charge in [0.25, 0.3) is 0 Å². The van der Waals surface area contributed by atoms with E-state index in [1.807, 2.05) is 54.6 Å². The van der Waals surface area contributed by atoms with E-state index in [1.165, 1.54) is 34.0 Å². The second-order valence-electron chi connectivity index (χ2n) is 12.8. The summed E-state index contributed by atoms with van der Waals surface area (Å²) in [6, 6.07) is 40.3. The molecule has 2 heterocycles. The second kappa shape index (κ2) is 14.4. The van der Waals surface area contributed by atoms with E-state index in [2.05, 4.69) is 95.1 Å². The summed E-state index contributed by atoms with van der Waals surface area (Å²) in [5.74, 6) is -1.39. The molecule has 0 saturated heterocycles. The Morgan fingerprint density at radius 3 is 1.36 bits per heavy atom. The quantitative estimate of drug-likeness (QED) is 0.171. The van der Waals surface area contributed by atoms with Crippen molar-refractivity contribution < 1.29 is 19.4 Å². The average molecular weight is 701 g/mol. The van der Waals surface area contributed by atoms with E-state index in [-0.39, 0.29) is 5.56 Å². The maximum Gasteiger partial charge on any atom is 0.340 e. The zero-order valence-corrected chi connectivity index (χ0v) is 29.9. The minimum absolute atomic E-state index is 0.202. The number of fused-ring (bicyclic) bond motifs is 2. The topological polar surface area (TPSA) is 125 Å². The maximum atomic E-state index is 12.2. The number of carbonyl (C=O) groups is 2. The molecule has 0 aliphatic heterocycles. The van der Waals surface area contributed by atoms with E-state index in [1.54, 1.807) is 24.8 Å². The van der Waals surface area contributed by atoms with Gasteiger partial charge in [0.2, 0.25) is 0 Å². The normalized spacial score (nSPS) is 11.0. The molecule has 8 rings (SSSR count). The summed E-state index contributed by atoms with van der Waals surface area (Å²) in [4.78, 5) is 23.9. The largest absolute Gasteiger partial charge is 0.478 e. The van der Waals surface area contributed by atoms with Gasteiger partial charge in [0, 0.05) is 14.1 Å². The number of ether oxygens (including phenoxy) is 1. The molecule has 10 heteroatoms. The molecule has 0 aliphatic carbocycles. The smallest absolute Gasteiger partial charge is 0.340 e. The number of rotatable bonds is 6. The van der Waals surface area contributed by atoms with Gasteiger partial charge in [0.15, 0.2) is 0 Å². The first-order valence-corrected chi connectivity index (χ1v) is 16.9. The van der Waals surface area contributed by atoms with E-state index < -0.39 is 11.9 Å². The fourth-order valence-corrected chi connectivity index (χ4v) is 6.63. The Labute approximate surface area is 305 Å². The minimum atomic E-state index is -0.987. The highest BCUT2D eigenvalue weighted by Gasteiger charge is 2.18. The van der Waals surface area contributed by atoms with Crippen molar-refractivity contribution in [2.24, 2.45) is 14.1 Å². The SMILES string of the molecule is COC(=O)c1cc(-c2ccc(-c3ccccc3C)cc2)cc2nnn(C)c12.Cc1ccccc1-c1ccc(-c2cc(C(=O)O)c3c(c2)nnn3C)cc1. The molecule has 0 aliphatic rings. The van der Waals surface area contributed by atoms with Crippen molar-refractivity contribution in [1.82, 2.24) is 30.0 Å². The van der Waals surface area contributed by atoms with Crippen molar-refractivity contribution in [2.45, 2.75) is 13.8 Å². The van der Waals surface area contributed by atoms with Gasteiger partial charge in [-0.25, -0.2) is 19.0 Å².